The van der Waals surface area contributed by atoms with Crippen LogP contribution in [0.3, 0.4) is 0 Å². The zero-order valence-electron chi connectivity index (χ0n) is 9.40. The first kappa shape index (κ1) is 12.5. The summed E-state index contributed by atoms with van der Waals surface area (Å²) in [5.41, 5.74) is 0. The highest BCUT2D eigenvalue weighted by atomic mass is 32.2. The van der Waals surface area contributed by atoms with Crippen LogP contribution in [0.1, 0.15) is 18.8 Å². The van der Waals surface area contributed by atoms with E-state index in [9.17, 15) is 13.5 Å². The van der Waals surface area contributed by atoms with E-state index in [1.807, 2.05) is 0 Å². The third-order valence-corrected chi connectivity index (χ3v) is 3.75. The van der Waals surface area contributed by atoms with Crippen LogP contribution >= 0.6 is 0 Å². The number of aromatic hydroxyl groups is 1. The maximum absolute atomic E-state index is 12.0. The molecule has 0 saturated carbocycles. The number of phenolic OH excluding ortho intramolecular Hbond substituents is 1. The standard InChI is InChI=1S/C9H11N5O3S/c1-6(9-10-13-14-11-9)12-18(16,17)8-4-2-3-7(15)5-8/h2-6,12,15H,1H3,(H,10,11,13,14). The maximum atomic E-state index is 12.0. The third-order valence-electron chi connectivity index (χ3n) is 2.21. The van der Waals surface area contributed by atoms with Crippen LogP contribution in [0.15, 0.2) is 29.2 Å². The van der Waals surface area contributed by atoms with Gasteiger partial charge in [-0.3, -0.25) is 0 Å². The first-order chi connectivity index (χ1) is 8.49. The van der Waals surface area contributed by atoms with Crippen molar-refractivity contribution in [2.45, 2.75) is 17.9 Å². The number of phenols is 1. The number of aromatic nitrogens is 4. The summed E-state index contributed by atoms with van der Waals surface area (Å²) in [5, 5.41) is 22.2. The minimum atomic E-state index is -3.74. The zero-order chi connectivity index (χ0) is 13.2. The molecule has 1 heterocycles. The van der Waals surface area contributed by atoms with Gasteiger partial charge in [0.25, 0.3) is 0 Å². The van der Waals surface area contributed by atoms with Gasteiger partial charge in [0.1, 0.15) is 5.75 Å². The van der Waals surface area contributed by atoms with Gasteiger partial charge in [0.2, 0.25) is 10.0 Å². The van der Waals surface area contributed by atoms with Crippen LogP contribution < -0.4 is 4.72 Å². The lowest BCUT2D eigenvalue weighted by molar-refractivity contribution is 0.473. The molecule has 0 bridgehead atoms. The van der Waals surface area contributed by atoms with Crippen LogP contribution in [-0.4, -0.2) is 34.1 Å². The molecular formula is C9H11N5O3S. The van der Waals surface area contributed by atoms with Crippen LogP contribution in [0.2, 0.25) is 0 Å². The number of sulfonamides is 1. The van der Waals surface area contributed by atoms with E-state index < -0.39 is 16.1 Å². The largest absolute Gasteiger partial charge is 0.508 e. The zero-order valence-corrected chi connectivity index (χ0v) is 10.2. The van der Waals surface area contributed by atoms with Gasteiger partial charge >= 0.3 is 0 Å². The van der Waals surface area contributed by atoms with E-state index in [0.29, 0.717) is 0 Å². The molecule has 9 heteroatoms. The Bertz CT molecular complexity index is 625. The Hall–Kier alpha value is -2.00. The van der Waals surface area contributed by atoms with Gasteiger partial charge in [0.05, 0.1) is 10.9 Å². The number of hydrogen-bond acceptors (Lipinski definition) is 6. The molecule has 1 aromatic carbocycles. The first-order valence-electron chi connectivity index (χ1n) is 5.04. The Labute approximate surface area is 103 Å². The summed E-state index contributed by atoms with van der Waals surface area (Å²) in [6.45, 7) is 1.59. The van der Waals surface area contributed by atoms with Crippen molar-refractivity contribution in [2.75, 3.05) is 0 Å². The van der Waals surface area contributed by atoms with E-state index in [1.165, 1.54) is 18.2 Å². The molecule has 8 nitrogen and oxygen atoms in total. The van der Waals surface area contributed by atoms with Gasteiger partial charge in [0, 0.05) is 0 Å². The van der Waals surface area contributed by atoms with E-state index in [-0.39, 0.29) is 16.5 Å². The monoisotopic (exact) mass is 269 g/mol. The van der Waals surface area contributed by atoms with Gasteiger partial charge in [-0.15, -0.1) is 10.2 Å². The average Bonchev–Trinajstić information content (AvgIpc) is 2.82. The molecule has 1 aromatic heterocycles. The van der Waals surface area contributed by atoms with E-state index in [1.54, 1.807) is 6.92 Å². The van der Waals surface area contributed by atoms with Crippen molar-refractivity contribution in [3.8, 4) is 5.75 Å². The fraction of sp³-hybridized carbons (Fsp3) is 0.222. The number of tetrazole rings is 1. The number of H-pyrrole nitrogens is 1. The molecule has 0 amide bonds. The number of nitrogens with one attached hydrogen (secondary N) is 2. The summed E-state index contributed by atoms with van der Waals surface area (Å²) in [5.74, 6) is 0.115. The normalized spacial score (nSPS) is 13.4. The highest BCUT2D eigenvalue weighted by Gasteiger charge is 2.20. The fourth-order valence-electron chi connectivity index (χ4n) is 1.36. The number of aromatic amines is 1. The van der Waals surface area contributed by atoms with Crippen LogP contribution in [0.5, 0.6) is 5.75 Å². The van der Waals surface area contributed by atoms with E-state index >= 15 is 0 Å². The van der Waals surface area contributed by atoms with Crippen LogP contribution in [0.25, 0.3) is 0 Å². The lowest BCUT2D eigenvalue weighted by Crippen LogP contribution is -2.27. The van der Waals surface area contributed by atoms with Gasteiger partial charge in [-0.25, -0.2) is 13.1 Å². The predicted octanol–water partition coefficient (Wildman–Crippen LogP) is -0.0552. The van der Waals surface area contributed by atoms with E-state index in [2.05, 4.69) is 25.3 Å². The second-order valence-electron chi connectivity index (χ2n) is 3.61. The highest BCUT2D eigenvalue weighted by Crippen LogP contribution is 2.17. The Morgan fingerprint density at radius 1 is 1.44 bits per heavy atom. The molecule has 1 unspecified atom stereocenters. The smallest absolute Gasteiger partial charge is 0.241 e. The molecule has 0 aliphatic rings. The lowest BCUT2D eigenvalue weighted by Gasteiger charge is -2.10. The molecule has 0 fully saturated rings. The molecule has 0 aliphatic carbocycles. The van der Waals surface area contributed by atoms with Crippen molar-refractivity contribution in [1.29, 1.82) is 0 Å². The molecule has 3 N–H and O–H groups in total. The van der Waals surface area contributed by atoms with Gasteiger partial charge in [-0.2, -0.15) is 5.21 Å². The fourth-order valence-corrected chi connectivity index (χ4v) is 2.60. The first-order valence-corrected chi connectivity index (χ1v) is 6.52. The molecule has 2 rings (SSSR count). The molecule has 1 atom stereocenters. The van der Waals surface area contributed by atoms with Gasteiger partial charge in [-0.1, -0.05) is 11.3 Å². The molecular weight excluding hydrogens is 258 g/mol. The van der Waals surface area contributed by atoms with Crippen molar-refractivity contribution < 1.29 is 13.5 Å². The lowest BCUT2D eigenvalue weighted by atomic mass is 10.3. The summed E-state index contributed by atoms with van der Waals surface area (Å²) in [6, 6.07) is 4.75. The molecule has 0 aliphatic heterocycles. The topological polar surface area (TPSA) is 121 Å². The summed E-state index contributed by atoms with van der Waals surface area (Å²) in [4.78, 5) is -0.0298. The quantitative estimate of drug-likeness (QED) is 0.715. The maximum Gasteiger partial charge on any atom is 0.241 e. The SMILES string of the molecule is CC(NS(=O)(=O)c1cccc(O)c1)c1nn[nH]n1. The Kier molecular flexibility index (Phi) is 3.26. The van der Waals surface area contributed by atoms with Crippen molar-refractivity contribution in [3.63, 3.8) is 0 Å². The number of benzene rings is 1. The summed E-state index contributed by atoms with van der Waals surface area (Å²) < 4.78 is 26.3. The second-order valence-corrected chi connectivity index (χ2v) is 5.32. The minimum Gasteiger partial charge on any atom is -0.508 e. The van der Waals surface area contributed by atoms with Crippen molar-refractivity contribution in [3.05, 3.63) is 30.1 Å². The van der Waals surface area contributed by atoms with E-state index in [0.717, 1.165) is 6.07 Å². The summed E-state index contributed by atoms with van der Waals surface area (Å²) in [7, 11) is -3.74. The average molecular weight is 269 g/mol. The molecule has 0 saturated heterocycles. The molecule has 0 radical (unpaired) electrons. The van der Waals surface area contributed by atoms with Gasteiger partial charge in [-0.05, 0) is 25.1 Å². The second kappa shape index (κ2) is 4.70. The van der Waals surface area contributed by atoms with Crippen molar-refractivity contribution in [2.24, 2.45) is 0 Å². The molecule has 2 aromatic rings. The Morgan fingerprint density at radius 2 is 2.22 bits per heavy atom. The number of nitrogens with zero attached hydrogens (tertiary/aromatic N) is 3. The Balaban J connectivity index is 2.22. The van der Waals surface area contributed by atoms with Gasteiger partial charge in [0.15, 0.2) is 5.82 Å². The molecule has 0 spiro atoms. The van der Waals surface area contributed by atoms with Crippen LogP contribution in [0, 0.1) is 0 Å². The van der Waals surface area contributed by atoms with Crippen molar-refractivity contribution in [1.82, 2.24) is 25.3 Å². The highest BCUT2D eigenvalue weighted by molar-refractivity contribution is 7.89. The number of hydrogen-bond donors (Lipinski definition) is 3. The van der Waals surface area contributed by atoms with Crippen LogP contribution in [-0.2, 0) is 10.0 Å². The predicted molar refractivity (Wildman–Crippen MR) is 61.0 cm³/mol. The molecule has 18 heavy (non-hydrogen) atoms. The van der Waals surface area contributed by atoms with Crippen LogP contribution in [0.4, 0.5) is 0 Å². The summed E-state index contributed by atoms with van der Waals surface area (Å²) >= 11 is 0. The minimum absolute atomic E-state index is 0.0298. The molecule has 96 valence electrons. The van der Waals surface area contributed by atoms with Gasteiger partial charge < -0.3 is 5.11 Å². The Morgan fingerprint density at radius 3 is 2.83 bits per heavy atom. The van der Waals surface area contributed by atoms with E-state index in [4.69, 9.17) is 0 Å². The number of rotatable bonds is 4. The third kappa shape index (κ3) is 2.63. The van der Waals surface area contributed by atoms with Crippen molar-refractivity contribution >= 4 is 10.0 Å². The summed E-state index contributed by atoms with van der Waals surface area (Å²) in [6.07, 6.45) is 0.